The van der Waals surface area contributed by atoms with Crippen LogP contribution in [0.3, 0.4) is 0 Å². The molecule has 1 saturated carbocycles. The second kappa shape index (κ2) is 9.76. The van der Waals surface area contributed by atoms with Crippen molar-refractivity contribution >= 4 is 17.3 Å². The lowest BCUT2D eigenvalue weighted by atomic mass is 9.94. The largest absolute Gasteiger partial charge is 0.376 e. The quantitative estimate of drug-likeness (QED) is 0.451. The monoisotopic (exact) mass is 350 g/mol. The zero-order chi connectivity index (χ0) is 16.6. The van der Waals surface area contributed by atoms with Crippen LogP contribution in [-0.2, 0) is 4.74 Å². The van der Waals surface area contributed by atoms with E-state index in [0.717, 1.165) is 30.7 Å². The molecule has 0 unspecified atom stereocenters. The second-order valence-electron chi connectivity index (χ2n) is 7.83. The molecule has 3 aliphatic rings. The molecule has 0 aromatic heterocycles. The zero-order valence-corrected chi connectivity index (χ0v) is 15.9. The Morgan fingerprint density at radius 3 is 2.50 bits per heavy atom. The minimum Gasteiger partial charge on any atom is -0.376 e. The minimum absolute atomic E-state index is 0.373. The van der Waals surface area contributed by atoms with Crippen molar-refractivity contribution in [3.63, 3.8) is 0 Å². The molecular weight excluding hydrogens is 316 g/mol. The van der Waals surface area contributed by atoms with Gasteiger partial charge in [-0.3, -0.25) is 0 Å². The highest BCUT2D eigenvalue weighted by atomic mass is 32.1. The van der Waals surface area contributed by atoms with Crippen LogP contribution in [0.2, 0.25) is 0 Å². The highest BCUT2D eigenvalue weighted by molar-refractivity contribution is 7.80. The maximum Gasteiger partial charge on any atom is 0.169 e. The second-order valence-corrected chi connectivity index (χ2v) is 8.22. The van der Waals surface area contributed by atoms with Gasteiger partial charge in [0.25, 0.3) is 0 Å². The zero-order valence-electron chi connectivity index (χ0n) is 15.0. The summed E-state index contributed by atoms with van der Waals surface area (Å²) in [6.45, 7) is 2.98. The lowest BCUT2D eigenvalue weighted by Crippen LogP contribution is -2.48. The first-order valence-electron chi connectivity index (χ1n) is 10.1. The highest BCUT2D eigenvalue weighted by Crippen LogP contribution is 2.22. The highest BCUT2D eigenvalue weighted by Gasteiger charge is 2.25. The van der Waals surface area contributed by atoms with Crippen LogP contribution in [0, 0.1) is 5.92 Å². The molecule has 1 N–H and O–H groups in total. The molecule has 136 valence electrons. The van der Waals surface area contributed by atoms with E-state index in [4.69, 9.17) is 17.0 Å². The molecule has 2 fully saturated rings. The molecule has 4 heteroatoms. The summed E-state index contributed by atoms with van der Waals surface area (Å²) in [5.41, 5.74) is 0. The van der Waals surface area contributed by atoms with Crippen LogP contribution in [-0.4, -0.2) is 41.9 Å². The van der Waals surface area contributed by atoms with Crippen molar-refractivity contribution in [2.24, 2.45) is 5.92 Å². The Balaban J connectivity index is 1.56. The first-order chi connectivity index (χ1) is 11.8. The van der Waals surface area contributed by atoms with E-state index in [1.54, 1.807) is 0 Å². The molecule has 1 aliphatic heterocycles. The van der Waals surface area contributed by atoms with E-state index >= 15 is 0 Å². The normalized spacial score (nSPS) is 28.5. The molecule has 3 nitrogen and oxygen atoms in total. The SMILES string of the molecule is S=C(NC1CCCCCC1)N(C[C@H]1CC=CCC1)C[C@@H]1CCCO1. The van der Waals surface area contributed by atoms with Gasteiger partial charge in [-0.1, -0.05) is 37.8 Å². The predicted molar refractivity (Wildman–Crippen MR) is 104 cm³/mol. The van der Waals surface area contributed by atoms with Crippen molar-refractivity contribution in [1.82, 2.24) is 10.2 Å². The summed E-state index contributed by atoms with van der Waals surface area (Å²) >= 11 is 5.84. The van der Waals surface area contributed by atoms with Crippen molar-refractivity contribution in [1.29, 1.82) is 0 Å². The fraction of sp³-hybridized carbons (Fsp3) is 0.850. The summed E-state index contributed by atoms with van der Waals surface area (Å²) < 4.78 is 5.89. The van der Waals surface area contributed by atoms with E-state index in [0.29, 0.717) is 12.1 Å². The van der Waals surface area contributed by atoms with Gasteiger partial charge in [0, 0.05) is 25.7 Å². The van der Waals surface area contributed by atoms with Gasteiger partial charge in [-0.25, -0.2) is 0 Å². The smallest absolute Gasteiger partial charge is 0.169 e. The third kappa shape index (κ3) is 5.73. The number of allylic oxidation sites excluding steroid dienone is 2. The Labute approximate surface area is 153 Å². The van der Waals surface area contributed by atoms with Gasteiger partial charge in [-0.15, -0.1) is 0 Å². The van der Waals surface area contributed by atoms with Crippen molar-refractivity contribution in [2.45, 2.75) is 82.8 Å². The van der Waals surface area contributed by atoms with Gasteiger partial charge in [-0.05, 0) is 63.1 Å². The summed E-state index contributed by atoms with van der Waals surface area (Å²) in [5, 5.41) is 4.68. The maximum atomic E-state index is 5.89. The van der Waals surface area contributed by atoms with Crippen LogP contribution in [0.15, 0.2) is 12.2 Å². The van der Waals surface area contributed by atoms with Gasteiger partial charge >= 0.3 is 0 Å². The van der Waals surface area contributed by atoms with Gasteiger partial charge in [0.05, 0.1) is 6.10 Å². The predicted octanol–water partition coefficient (Wildman–Crippen LogP) is 4.42. The van der Waals surface area contributed by atoms with Crippen LogP contribution in [0.5, 0.6) is 0 Å². The van der Waals surface area contributed by atoms with E-state index in [1.807, 2.05) is 0 Å². The lowest BCUT2D eigenvalue weighted by Gasteiger charge is -2.34. The van der Waals surface area contributed by atoms with Crippen LogP contribution < -0.4 is 5.32 Å². The fourth-order valence-corrected chi connectivity index (χ4v) is 4.61. The number of hydrogen-bond donors (Lipinski definition) is 1. The molecule has 1 saturated heterocycles. The molecule has 3 rings (SSSR count). The third-order valence-corrected chi connectivity index (χ3v) is 6.15. The number of ether oxygens (including phenoxy) is 1. The Hall–Kier alpha value is -0.610. The topological polar surface area (TPSA) is 24.5 Å². The average molecular weight is 351 g/mol. The van der Waals surface area contributed by atoms with Crippen molar-refractivity contribution in [3.8, 4) is 0 Å². The minimum atomic E-state index is 0.373. The first-order valence-corrected chi connectivity index (χ1v) is 10.5. The van der Waals surface area contributed by atoms with E-state index in [-0.39, 0.29) is 0 Å². The standard InChI is InChI=1S/C20H34N2OS/c24-20(21-18-11-6-1-2-7-12-18)22(16-19-13-8-14-23-19)15-17-9-4-3-5-10-17/h3-4,17-19H,1-2,5-16H2,(H,21,24)/t17-,19-/m0/s1. The molecule has 0 spiro atoms. The maximum absolute atomic E-state index is 5.89. The van der Waals surface area contributed by atoms with Crippen LogP contribution in [0.1, 0.15) is 70.6 Å². The van der Waals surface area contributed by atoms with Gasteiger partial charge in [0.15, 0.2) is 5.11 Å². The van der Waals surface area contributed by atoms with Crippen molar-refractivity contribution < 1.29 is 4.74 Å². The molecule has 2 atom stereocenters. The molecule has 0 aromatic carbocycles. The average Bonchev–Trinajstić information content (AvgIpc) is 2.98. The van der Waals surface area contributed by atoms with E-state index in [1.165, 1.54) is 70.6 Å². The molecule has 0 amide bonds. The Morgan fingerprint density at radius 1 is 1.00 bits per heavy atom. The van der Waals surface area contributed by atoms with Crippen molar-refractivity contribution in [3.05, 3.63) is 12.2 Å². The Morgan fingerprint density at radius 2 is 1.83 bits per heavy atom. The summed E-state index contributed by atoms with van der Waals surface area (Å²) in [7, 11) is 0. The number of hydrogen-bond acceptors (Lipinski definition) is 2. The summed E-state index contributed by atoms with van der Waals surface area (Å²) in [6, 6.07) is 0.582. The van der Waals surface area contributed by atoms with Crippen LogP contribution in [0.4, 0.5) is 0 Å². The van der Waals surface area contributed by atoms with Gasteiger partial charge in [-0.2, -0.15) is 0 Å². The number of nitrogens with one attached hydrogen (secondary N) is 1. The number of thiocarbonyl (C=S) groups is 1. The van der Waals surface area contributed by atoms with E-state index < -0.39 is 0 Å². The van der Waals surface area contributed by atoms with Gasteiger partial charge in [0.1, 0.15) is 0 Å². The molecule has 2 aliphatic carbocycles. The van der Waals surface area contributed by atoms with E-state index in [9.17, 15) is 0 Å². The van der Waals surface area contributed by atoms with Crippen LogP contribution in [0.25, 0.3) is 0 Å². The molecule has 24 heavy (non-hydrogen) atoms. The fourth-order valence-electron chi connectivity index (χ4n) is 4.30. The Kier molecular flexibility index (Phi) is 7.40. The Bertz CT molecular complexity index is 412. The van der Waals surface area contributed by atoms with Gasteiger partial charge in [0.2, 0.25) is 0 Å². The lowest BCUT2D eigenvalue weighted by molar-refractivity contribution is 0.0871. The summed E-state index contributed by atoms with van der Waals surface area (Å²) in [6.07, 6.45) is 19.2. The molecular formula is C20H34N2OS. The molecule has 1 heterocycles. The van der Waals surface area contributed by atoms with E-state index in [2.05, 4.69) is 22.4 Å². The van der Waals surface area contributed by atoms with Gasteiger partial charge < -0.3 is 15.0 Å². The summed E-state index contributed by atoms with van der Waals surface area (Å²) in [5.74, 6) is 0.741. The number of nitrogens with zero attached hydrogens (tertiary/aromatic N) is 1. The number of rotatable bonds is 5. The molecule has 0 aromatic rings. The van der Waals surface area contributed by atoms with Crippen molar-refractivity contribution in [2.75, 3.05) is 19.7 Å². The summed E-state index contributed by atoms with van der Waals surface area (Å²) in [4.78, 5) is 2.43. The molecule has 0 bridgehead atoms. The molecule has 0 radical (unpaired) electrons. The first kappa shape index (κ1) is 18.2. The van der Waals surface area contributed by atoms with Crippen LogP contribution >= 0.6 is 12.2 Å². The third-order valence-electron chi connectivity index (χ3n) is 5.77.